The second kappa shape index (κ2) is 4.63. The molecule has 0 amide bonds. The Hall–Kier alpha value is -0.790. The third kappa shape index (κ3) is 3.52. The summed E-state index contributed by atoms with van der Waals surface area (Å²) in [5.74, 6) is 0.679. The normalized spacial score (nSPS) is 23.9. The van der Waals surface area contributed by atoms with Gasteiger partial charge >= 0.3 is 0 Å². The molecular weight excluding hydrogens is 174 g/mol. The maximum atomic E-state index is 11.6. The molecule has 2 heteroatoms. The van der Waals surface area contributed by atoms with E-state index in [1.807, 2.05) is 27.0 Å². The largest absolute Gasteiger partial charge is 0.624 e. The summed E-state index contributed by atoms with van der Waals surface area (Å²) < 4.78 is 1.09. The minimum absolute atomic E-state index is 0.287. The molecule has 0 N–H and O–H groups in total. The van der Waals surface area contributed by atoms with Crippen molar-refractivity contribution >= 4 is 6.21 Å². The highest BCUT2D eigenvalue weighted by Gasteiger charge is 2.18. The van der Waals surface area contributed by atoms with Crippen LogP contribution in [0, 0.1) is 11.1 Å². The second-order valence-electron chi connectivity index (χ2n) is 5.07. The molecule has 0 heterocycles. The zero-order chi connectivity index (χ0) is 10.6. The first-order valence-corrected chi connectivity index (χ1v) is 5.45. The van der Waals surface area contributed by atoms with Gasteiger partial charge in [0.25, 0.3) is 0 Å². The van der Waals surface area contributed by atoms with Gasteiger partial charge < -0.3 is 5.21 Å². The van der Waals surface area contributed by atoms with Gasteiger partial charge in [-0.05, 0) is 25.2 Å². The van der Waals surface area contributed by atoms with Crippen LogP contribution in [0.4, 0.5) is 0 Å². The van der Waals surface area contributed by atoms with Crippen molar-refractivity contribution in [3.05, 3.63) is 17.4 Å². The van der Waals surface area contributed by atoms with Crippen molar-refractivity contribution in [2.45, 2.75) is 52.0 Å². The third-order valence-electron chi connectivity index (χ3n) is 2.64. The molecule has 0 aromatic rings. The van der Waals surface area contributed by atoms with Crippen molar-refractivity contribution in [2.75, 3.05) is 0 Å². The molecule has 2 nitrogen and oxygen atoms in total. The van der Waals surface area contributed by atoms with Gasteiger partial charge in [-0.3, -0.25) is 0 Å². The number of allylic oxidation sites excluding steroid dienone is 2. The van der Waals surface area contributed by atoms with E-state index < -0.39 is 0 Å². The van der Waals surface area contributed by atoms with Gasteiger partial charge in [-0.2, -0.15) is 0 Å². The summed E-state index contributed by atoms with van der Waals surface area (Å²) in [6, 6.07) is 0. The summed E-state index contributed by atoms with van der Waals surface area (Å²) in [6.07, 6.45) is 10.7. The van der Waals surface area contributed by atoms with Crippen molar-refractivity contribution in [3.8, 4) is 0 Å². The summed E-state index contributed by atoms with van der Waals surface area (Å²) in [4.78, 5) is 0. The summed E-state index contributed by atoms with van der Waals surface area (Å²) in [5.41, 5.74) is -0.287. The summed E-state index contributed by atoms with van der Waals surface area (Å²) >= 11 is 0. The van der Waals surface area contributed by atoms with Crippen LogP contribution >= 0.6 is 0 Å². The van der Waals surface area contributed by atoms with Gasteiger partial charge in [-0.25, -0.2) is 4.74 Å². The molecule has 1 unspecified atom stereocenters. The number of rotatable bonds is 2. The quantitative estimate of drug-likeness (QED) is 0.218. The first-order chi connectivity index (χ1) is 6.50. The van der Waals surface area contributed by atoms with Crippen molar-refractivity contribution in [2.24, 2.45) is 5.92 Å². The van der Waals surface area contributed by atoms with Crippen molar-refractivity contribution in [1.29, 1.82) is 0 Å². The van der Waals surface area contributed by atoms with Crippen molar-refractivity contribution in [1.82, 2.24) is 0 Å². The summed E-state index contributed by atoms with van der Waals surface area (Å²) in [5, 5.41) is 11.6. The summed E-state index contributed by atoms with van der Waals surface area (Å²) in [7, 11) is 0. The fraction of sp³-hybridized carbons (Fsp3) is 0.750. The Kier molecular flexibility index (Phi) is 3.73. The monoisotopic (exact) mass is 195 g/mol. The lowest BCUT2D eigenvalue weighted by Gasteiger charge is -2.20. The van der Waals surface area contributed by atoms with E-state index in [9.17, 15) is 5.21 Å². The predicted molar refractivity (Wildman–Crippen MR) is 60.5 cm³/mol. The lowest BCUT2D eigenvalue weighted by atomic mass is 9.92. The molecule has 80 valence electrons. The highest BCUT2D eigenvalue weighted by molar-refractivity contribution is 5.52. The zero-order valence-corrected chi connectivity index (χ0v) is 9.49. The average Bonchev–Trinajstić information content (AvgIpc) is 2.14. The van der Waals surface area contributed by atoms with Crippen LogP contribution in [-0.4, -0.2) is 16.5 Å². The molecule has 1 aliphatic rings. The van der Waals surface area contributed by atoms with Crippen molar-refractivity contribution in [3.63, 3.8) is 0 Å². The Morgan fingerprint density at radius 3 is 2.64 bits per heavy atom. The lowest BCUT2D eigenvalue weighted by molar-refractivity contribution is -0.532. The van der Waals surface area contributed by atoms with Crippen molar-refractivity contribution < 1.29 is 4.74 Å². The molecular formula is C12H21NO. The van der Waals surface area contributed by atoms with Crippen LogP contribution in [0.3, 0.4) is 0 Å². The minimum Gasteiger partial charge on any atom is -0.624 e. The Bertz CT molecular complexity index is 235. The molecule has 1 rings (SSSR count). The molecule has 0 radical (unpaired) electrons. The van der Waals surface area contributed by atoms with Gasteiger partial charge in [0.1, 0.15) is 0 Å². The molecule has 0 bridgehead atoms. The first kappa shape index (κ1) is 11.3. The van der Waals surface area contributed by atoms with Crippen LogP contribution in [0.15, 0.2) is 12.2 Å². The van der Waals surface area contributed by atoms with Gasteiger partial charge in [0, 0.05) is 27.2 Å². The first-order valence-electron chi connectivity index (χ1n) is 5.45. The molecule has 0 aliphatic heterocycles. The lowest BCUT2D eigenvalue weighted by Crippen LogP contribution is -2.29. The number of nitrogens with zero attached hydrogens (tertiary/aromatic N) is 1. The molecule has 14 heavy (non-hydrogen) atoms. The highest BCUT2D eigenvalue weighted by Crippen LogP contribution is 2.20. The number of hydrogen-bond acceptors (Lipinski definition) is 1. The molecule has 1 atom stereocenters. The van der Waals surface area contributed by atoms with E-state index in [1.54, 1.807) is 0 Å². The fourth-order valence-electron chi connectivity index (χ4n) is 1.59. The Morgan fingerprint density at radius 2 is 2.14 bits per heavy atom. The molecule has 0 saturated heterocycles. The van der Waals surface area contributed by atoms with E-state index in [0.717, 1.165) is 17.6 Å². The predicted octanol–water partition coefficient (Wildman–Crippen LogP) is 3.11. The zero-order valence-electron chi connectivity index (χ0n) is 9.49. The van der Waals surface area contributed by atoms with E-state index in [0.29, 0.717) is 5.92 Å². The smallest absolute Gasteiger partial charge is 0.164 e. The van der Waals surface area contributed by atoms with Crippen LogP contribution < -0.4 is 0 Å². The standard InChI is InChI=1S/C12H21NO/c1-12(2,3)13(14)10-9-11-7-5-4-6-8-11/h4-5,10-11H,6-9H2,1-3H3/b13-10-. The topological polar surface area (TPSA) is 26.1 Å². The molecule has 0 aromatic carbocycles. The van der Waals surface area contributed by atoms with Gasteiger partial charge in [0.2, 0.25) is 0 Å². The van der Waals surface area contributed by atoms with E-state index in [4.69, 9.17) is 0 Å². The van der Waals surface area contributed by atoms with Crippen LogP contribution in [0.2, 0.25) is 0 Å². The van der Waals surface area contributed by atoms with Gasteiger partial charge in [-0.15, -0.1) is 0 Å². The Labute approximate surface area is 86.9 Å². The Morgan fingerprint density at radius 1 is 1.43 bits per heavy atom. The maximum Gasteiger partial charge on any atom is 0.164 e. The number of hydrogen-bond donors (Lipinski definition) is 0. The third-order valence-corrected chi connectivity index (χ3v) is 2.64. The van der Waals surface area contributed by atoms with Gasteiger partial charge in [0.05, 0.1) is 0 Å². The molecule has 0 aromatic heterocycles. The molecule has 0 spiro atoms. The number of hydroxylamine groups is 1. The van der Waals surface area contributed by atoms with E-state index >= 15 is 0 Å². The maximum absolute atomic E-state index is 11.6. The molecule has 0 fully saturated rings. The van der Waals surface area contributed by atoms with Gasteiger partial charge in [0.15, 0.2) is 11.8 Å². The van der Waals surface area contributed by atoms with Gasteiger partial charge in [-0.1, -0.05) is 12.2 Å². The van der Waals surface area contributed by atoms with Crippen LogP contribution in [0.25, 0.3) is 0 Å². The van der Waals surface area contributed by atoms with E-state index in [2.05, 4.69) is 12.2 Å². The van der Waals surface area contributed by atoms with Crippen LogP contribution in [-0.2, 0) is 0 Å². The van der Waals surface area contributed by atoms with Crippen LogP contribution in [0.1, 0.15) is 46.5 Å². The highest BCUT2D eigenvalue weighted by atomic mass is 16.5. The summed E-state index contributed by atoms with van der Waals surface area (Å²) in [6.45, 7) is 5.83. The second-order valence-corrected chi connectivity index (χ2v) is 5.07. The SMILES string of the molecule is CC(C)(C)/[N+]([O-])=C/CC1CC=CCC1. The minimum atomic E-state index is -0.287. The molecule has 0 saturated carbocycles. The van der Waals surface area contributed by atoms with Crippen LogP contribution in [0.5, 0.6) is 0 Å². The van der Waals surface area contributed by atoms with E-state index in [-0.39, 0.29) is 5.54 Å². The molecule has 1 aliphatic carbocycles. The average molecular weight is 195 g/mol. The fourth-order valence-corrected chi connectivity index (χ4v) is 1.59. The van der Waals surface area contributed by atoms with E-state index in [1.165, 1.54) is 12.8 Å². The Balaban J connectivity index is 2.42.